The van der Waals surface area contributed by atoms with Crippen LogP contribution >= 0.6 is 23.7 Å². The monoisotopic (exact) mass is 463 g/mol. The van der Waals surface area contributed by atoms with Crippen LogP contribution in [0.5, 0.6) is 17.2 Å². The molecule has 3 aromatic rings. The molecule has 2 heterocycles. The second-order valence-corrected chi connectivity index (χ2v) is 7.85. The van der Waals surface area contributed by atoms with Crippen molar-refractivity contribution in [3.05, 3.63) is 42.5 Å². The summed E-state index contributed by atoms with van der Waals surface area (Å²) < 4.78 is 17.6. The van der Waals surface area contributed by atoms with E-state index in [1.165, 1.54) is 11.3 Å². The van der Waals surface area contributed by atoms with Crippen molar-refractivity contribution in [3.8, 4) is 17.2 Å². The van der Waals surface area contributed by atoms with E-state index in [1.54, 1.807) is 4.90 Å². The largest absolute Gasteiger partial charge is 0.484 e. The Morgan fingerprint density at radius 3 is 2.52 bits per heavy atom. The second-order valence-electron chi connectivity index (χ2n) is 6.84. The van der Waals surface area contributed by atoms with Gasteiger partial charge in [-0.05, 0) is 25.2 Å². The number of hydrogen-bond acceptors (Lipinski definition) is 7. The Kier molecular flexibility index (Phi) is 7.95. The fourth-order valence-corrected chi connectivity index (χ4v) is 4.29. The van der Waals surface area contributed by atoms with E-state index in [1.807, 2.05) is 42.5 Å². The van der Waals surface area contributed by atoms with E-state index < -0.39 is 0 Å². The van der Waals surface area contributed by atoms with E-state index in [0.717, 1.165) is 29.9 Å². The number of ether oxygens (including phenoxy) is 3. The molecule has 1 aromatic heterocycles. The van der Waals surface area contributed by atoms with Crippen LogP contribution in [0.15, 0.2) is 42.5 Å². The summed E-state index contributed by atoms with van der Waals surface area (Å²) in [7, 11) is 0. The summed E-state index contributed by atoms with van der Waals surface area (Å²) in [6.45, 7) is 7.60. The lowest BCUT2D eigenvalue weighted by Crippen LogP contribution is -2.41. The minimum absolute atomic E-state index is 0. The average molecular weight is 464 g/mol. The smallest absolute Gasteiger partial charge is 0.266 e. The highest BCUT2D eigenvalue weighted by Crippen LogP contribution is 2.39. The third-order valence-corrected chi connectivity index (χ3v) is 6.08. The van der Waals surface area contributed by atoms with Gasteiger partial charge in [-0.15, -0.1) is 12.4 Å². The standard InChI is InChI=1S/C22H25N3O4S.ClH/c1-3-24(4-2)10-11-25(21(26)14-27-16-8-6-5-7-9-16)22-23-17-12-18-19(29-15-28-18)13-20(17)30-22;/h5-9,12-13H,3-4,10-11,14-15H2,1-2H3;1H. The van der Waals surface area contributed by atoms with Crippen LogP contribution in [-0.4, -0.2) is 55.4 Å². The van der Waals surface area contributed by atoms with Gasteiger partial charge in [0.25, 0.3) is 5.91 Å². The molecule has 0 saturated carbocycles. The van der Waals surface area contributed by atoms with Crippen LogP contribution in [0.2, 0.25) is 0 Å². The number of para-hydroxylation sites is 1. The zero-order chi connectivity index (χ0) is 20.9. The van der Waals surface area contributed by atoms with E-state index in [4.69, 9.17) is 19.2 Å². The molecule has 31 heavy (non-hydrogen) atoms. The van der Waals surface area contributed by atoms with E-state index >= 15 is 0 Å². The van der Waals surface area contributed by atoms with Gasteiger partial charge in [-0.2, -0.15) is 0 Å². The van der Waals surface area contributed by atoms with Crippen LogP contribution in [0.3, 0.4) is 0 Å². The number of benzene rings is 2. The van der Waals surface area contributed by atoms with Crippen molar-refractivity contribution in [1.82, 2.24) is 9.88 Å². The molecule has 0 radical (unpaired) electrons. The van der Waals surface area contributed by atoms with Gasteiger partial charge >= 0.3 is 0 Å². The van der Waals surface area contributed by atoms with Gasteiger partial charge in [0.05, 0.1) is 10.2 Å². The predicted octanol–water partition coefficient (Wildman–Crippen LogP) is 4.20. The Morgan fingerprint density at radius 2 is 1.81 bits per heavy atom. The Bertz CT molecular complexity index is 970. The fourth-order valence-electron chi connectivity index (χ4n) is 3.27. The number of anilines is 1. The molecule has 9 heteroatoms. The number of hydrogen-bond donors (Lipinski definition) is 0. The highest BCUT2D eigenvalue weighted by Gasteiger charge is 2.23. The molecule has 0 aliphatic carbocycles. The third kappa shape index (κ3) is 5.39. The van der Waals surface area contributed by atoms with Gasteiger partial charge in [0.2, 0.25) is 6.79 Å². The first-order valence-corrected chi connectivity index (χ1v) is 10.9. The quantitative estimate of drug-likeness (QED) is 0.474. The molecule has 1 aliphatic rings. The molecular formula is C22H26ClN3O4S. The highest BCUT2D eigenvalue weighted by atomic mass is 35.5. The van der Waals surface area contributed by atoms with Crippen molar-refractivity contribution < 1.29 is 19.0 Å². The van der Waals surface area contributed by atoms with Gasteiger partial charge in [0.1, 0.15) is 5.75 Å². The Morgan fingerprint density at radius 1 is 1.10 bits per heavy atom. The summed E-state index contributed by atoms with van der Waals surface area (Å²) in [5.41, 5.74) is 0.795. The minimum Gasteiger partial charge on any atom is -0.484 e. The van der Waals surface area contributed by atoms with E-state index in [0.29, 0.717) is 28.9 Å². The number of thiazole rings is 1. The fraction of sp³-hybridized carbons (Fsp3) is 0.364. The van der Waals surface area contributed by atoms with Crippen LogP contribution in [0.1, 0.15) is 13.8 Å². The van der Waals surface area contributed by atoms with Gasteiger partial charge in [0, 0.05) is 25.2 Å². The third-order valence-electron chi connectivity index (χ3n) is 5.04. The summed E-state index contributed by atoms with van der Waals surface area (Å²) in [6, 6.07) is 13.2. The van der Waals surface area contributed by atoms with Crippen LogP contribution in [-0.2, 0) is 4.79 Å². The average Bonchev–Trinajstić information content (AvgIpc) is 3.40. The zero-order valence-corrected chi connectivity index (χ0v) is 19.2. The van der Waals surface area contributed by atoms with E-state index in [-0.39, 0.29) is 31.7 Å². The zero-order valence-electron chi connectivity index (χ0n) is 17.6. The van der Waals surface area contributed by atoms with Crippen molar-refractivity contribution in [2.75, 3.05) is 44.5 Å². The molecule has 0 spiro atoms. The Labute approximate surface area is 191 Å². The minimum atomic E-state index is -0.120. The van der Waals surface area contributed by atoms with Gasteiger partial charge in [-0.25, -0.2) is 4.98 Å². The summed E-state index contributed by atoms with van der Waals surface area (Å²) in [4.78, 5) is 21.8. The SMILES string of the molecule is CCN(CC)CCN(C(=O)COc1ccccc1)c1nc2cc3c(cc2s1)OCO3.Cl. The molecule has 2 aromatic carbocycles. The van der Waals surface area contributed by atoms with Crippen molar-refractivity contribution >= 4 is 45.0 Å². The maximum absolute atomic E-state index is 13.1. The normalized spacial score (nSPS) is 12.1. The number of carbonyl (C=O) groups is 1. The summed E-state index contributed by atoms with van der Waals surface area (Å²) in [5.74, 6) is 1.95. The van der Waals surface area contributed by atoms with Crippen LogP contribution in [0.25, 0.3) is 10.2 Å². The number of amides is 1. The number of rotatable bonds is 9. The highest BCUT2D eigenvalue weighted by molar-refractivity contribution is 7.22. The summed E-state index contributed by atoms with van der Waals surface area (Å²) >= 11 is 1.47. The molecular weight excluding hydrogens is 438 g/mol. The lowest BCUT2D eigenvalue weighted by atomic mass is 10.3. The summed E-state index contributed by atoms with van der Waals surface area (Å²) in [6.07, 6.45) is 0. The Hall–Kier alpha value is -2.55. The lowest BCUT2D eigenvalue weighted by molar-refractivity contribution is -0.120. The van der Waals surface area contributed by atoms with Crippen molar-refractivity contribution in [3.63, 3.8) is 0 Å². The molecule has 0 fully saturated rings. The first-order chi connectivity index (χ1) is 14.7. The topological polar surface area (TPSA) is 64.1 Å². The maximum Gasteiger partial charge on any atom is 0.266 e. The molecule has 0 N–H and O–H groups in total. The molecule has 1 aliphatic heterocycles. The van der Waals surface area contributed by atoms with Crippen LogP contribution < -0.4 is 19.1 Å². The first kappa shape index (κ1) is 23.1. The van der Waals surface area contributed by atoms with Crippen molar-refractivity contribution in [2.45, 2.75) is 13.8 Å². The second kappa shape index (κ2) is 10.7. The number of aromatic nitrogens is 1. The van der Waals surface area contributed by atoms with Crippen molar-refractivity contribution in [1.29, 1.82) is 0 Å². The first-order valence-electron chi connectivity index (χ1n) is 10.1. The maximum atomic E-state index is 13.1. The summed E-state index contributed by atoms with van der Waals surface area (Å²) in [5, 5.41) is 0.655. The van der Waals surface area contributed by atoms with Gasteiger partial charge < -0.3 is 19.1 Å². The molecule has 0 saturated heterocycles. The van der Waals surface area contributed by atoms with Crippen molar-refractivity contribution in [2.24, 2.45) is 0 Å². The van der Waals surface area contributed by atoms with Crippen LogP contribution in [0, 0.1) is 0 Å². The van der Waals surface area contributed by atoms with Gasteiger partial charge in [-0.3, -0.25) is 9.69 Å². The molecule has 166 valence electrons. The molecule has 0 bridgehead atoms. The number of likely N-dealkylation sites (N-methyl/N-ethyl adjacent to an activating group) is 1. The number of nitrogens with zero attached hydrogens (tertiary/aromatic N) is 3. The Balaban J connectivity index is 0.00000272. The molecule has 0 unspecified atom stereocenters. The molecule has 7 nitrogen and oxygen atoms in total. The predicted molar refractivity (Wildman–Crippen MR) is 125 cm³/mol. The van der Waals surface area contributed by atoms with Gasteiger partial charge in [0.15, 0.2) is 23.2 Å². The lowest BCUT2D eigenvalue weighted by Gasteiger charge is -2.24. The number of carbonyl (C=O) groups excluding carboxylic acids is 1. The molecule has 1 amide bonds. The van der Waals surface area contributed by atoms with Gasteiger partial charge in [-0.1, -0.05) is 43.4 Å². The number of halogens is 1. The molecule has 0 atom stereocenters. The number of fused-ring (bicyclic) bond motifs is 2. The molecule has 4 rings (SSSR count). The van der Waals surface area contributed by atoms with E-state index in [9.17, 15) is 4.79 Å². The van der Waals surface area contributed by atoms with Crippen LogP contribution in [0.4, 0.5) is 5.13 Å². The van der Waals surface area contributed by atoms with E-state index in [2.05, 4.69) is 18.7 Å².